The van der Waals surface area contributed by atoms with Crippen molar-refractivity contribution in [3.05, 3.63) is 28.8 Å². The van der Waals surface area contributed by atoms with Gasteiger partial charge in [-0.2, -0.15) is 0 Å². The van der Waals surface area contributed by atoms with Gasteiger partial charge in [0, 0.05) is 18.6 Å². The lowest BCUT2D eigenvalue weighted by Crippen LogP contribution is -2.55. The van der Waals surface area contributed by atoms with Crippen molar-refractivity contribution in [1.29, 1.82) is 0 Å². The molecule has 1 aliphatic rings. The molecule has 1 aromatic carbocycles. The van der Waals surface area contributed by atoms with E-state index in [1.165, 1.54) is 5.56 Å². The summed E-state index contributed by atoms with van der Waals surface area (Å²) in [5.41, 5.74) is 3.44. The molecule has 1 atom stereocenters. The lowest BCUT2D eigenvalue weighted by atomic mass is 10.0. The molecule has 1 N–H and O–H groups in total. The van der Waals surface area contributed by atoms with Crippen LogP contribution in [-0.2, 0) is 4.74 Å². The maximum Gasteiger partial charge on any atom is 0.125 e. The monoisotopic (exact) mass is 343 g/mol. The molecule has 1 saturated heterocycles. The quantitative estimate of drug-likeness (QED) is 0.892. The van der Waals surface area contributed by atoms with Crippen LogP contribution in [0.4, 0.5) is 0 Å². The van der Waals surface area contributed by atoms with Crippen molar-refractivity contribution in [3.63, 3.8) is 0 Å². The molecule has 0 radical (unpaired) electrons. The van der Waals surface area contributed by atoms with Crippen molar-refractivity contribution in [2.45, 2.75) is 46.3 Å². The number of halogens is 1. The zero-order valence-corrected chi connectivity index (χ0v) is 15.7. The van der Waals surface area contributed by atoms with Gasteiger partial charge >= 0.3 is 0 Å². The van der Waals surface area contributed by atoms with Crippen molar-refractivity contribution >= 4 is 12.4 Å². The smallest absolute Gasteiger partial charge is 0.125 e. The topological polar surface area (TPSA) is 41.9 Å². The van der Waals surface area contributed by atoms with Gasteiger partial charge in [-0.3, -0.25) is 4.90 Å². The number of nitrogens with zero attached hydrogens (tertiary/aromatic N) is 1. The van der Waals surface area contributed by atoms with Crippen molar-refractivity contribution in [3.8, 4) is 5.75 Å². The first-order valence-electron chi connectivity index (χ1n) is 8.01. The molecule has 0 aliphatic carbocycles. The Hall–Kier alpha value is -0.810. The second kappa shape index (κ2) is 8.34. The SMILES string of the molecule is Cc1cc(C)c(OCC(O)CN2CCOCC2(C)C)c(C)c1.Cl. The van der Waals surface area contributed by atoms with E-state index in [4.69, 9.17) is 9.47 Å². The number of β-amino-alcohol motifs (C(OH)–C–C–N with tert-alkyl or cyclic N) is 1. The molecule has 0 saturated carbocycles. The van der Waals surface area contributed by atoms with E-state index in [9.17, 15) is 5.11 Å². The Kier molecular flexibility index (Phi) is 7.33. The van der Waals surface area contributed by atoms with Gasteiger partial charge in [0.15, 0.2) is 0 Å². The van der Waals surface area contributed by atoms with E-state index in [1.807, 2.05) is 13.8 Å². The molecule has 0 amide bonds. The number of aliphatic hydroxyl groups is 1. The van der Waals surface area contributed by atoms with Crippen LogP contribution in [0.25, 0.3) is 0 Å². The van der Waals surface area contributed by atoms with Crippen LogP contribution in [0.1, 0.15) is 30.5 Å². The molecule has 132 valence electrons. The number of aryl methyl sites for hydroxylation is 3. The lowest BCUT2D eigenvalue weighted by molar-refractivity contribution is -0.0703. The summed E-state index contributed by atoms with van der Waals surface area (Å²) in [6, 6.07) is 4.22. The van der Waals surface area contributed by atoms with E-state index in [1.54, 1.807) is 0 Å². The molecule has 0 bridgehead atoms. The van der Waals surface area contributed by atoms with Crippen LogP contribution in [0.2, 0.25) is 0 Å². The van der Waals surface area contributed by atoms with Gasteiger partial charge in [0.1, 0.15) is 18.5 Å². The van der Waals surface area contributed by atoms with E-state index in [2.05, 4.69) is 37.8 Å². The van der Waals surface area contributed by atoms with Crippen molar-refractivity contribution in [2.75, 3.05) is 32.9 Å². The minimum atomic E-state index is -0.502. The summed E-state index contributed by atoms with van der Waals surface area (Å²) in [4.78, 5) is 2.28. The molecule has 1 aliphatic heterocycles. The second-order valence-corrected chi connectivity index (χ2v) is 7.00. The fraction of sp³-hybridized carbons (Fsp3) is 0.667. The zero-order chi connectivity index (χ0) is 16.3. The van der Waals surface area contributed by atoms with E-state index < -0.39 is 6.10 Å². The van der Waals surface area contributed by atoms with Crippen LogP contribution >= 0.6 is 12.4 Å². The third-order valence-corrected chi connectivity index (χ3v) is 4.27. The Morgan fingerprint density at radius 3 is 2.43 bits per heavy atom. The Morgan fingerprint density at radius 2 is 1.87 bits per heavy atom. The third-order valence-electron chi connectivity index (χ3n) is 4.27. The van der Waals surface area contributed by atoms with Crippen molar-refractivity contribution in [2.24, 2.45) is 0 Å². The fourth-order valence-electron chi connectivity index (χ4n) is 3.11. The van der Waals surface area contributed by atoms with E-state index >= 15 is 0 Å². The maximum atomic E-state index is 10.3. The third kappa shape index (κ3) is 5.35. The van der Waals surface area contributed by atoms with Crippen LogP contribution in [0.15, 0.2) is 12.1 Å². The van der Waals surface area contributed by atoms with Crippen LogP contribution < -0.4 is 4.74 Å². The number of morpholine rings is 1. The Labute approximate surface area is 146 Å². The molecule has 4 nitrogen and oxygen atoms in total. The fourth-order valence-corrected chi connectivity index (χ4v) is 3.11. The highest BCUT2D eigenvalue weighted by Gasteiger charge is 2.31. The van der Waals surface area contributed by atoms with Gasteiger partial charge in [0.05, 0.1) is 13.2 Å². The van der Waals surface area contributed by atoms with Crippen molar-refractivity contribution < 1.29 is 14.6 Å². The van der Waals surface area contributed by atoms with Crippen LogP contribution in [0.5, 0.6) is 5.75 Å². The Morgan fingerprint density at radius 1 is 1.26 bits per heavy atom. The molecule has 23 heavy (non-hydrogen) atoms. The maximum absolute atomic E-state index is 10.3. The van der Waals surface area contributed by atoms with Gasteiger partial charge in [-0.25, -0.2) is 0 Å². The zero-order valence-electron chi connectivity index (χ0n) is 14.9. The van der Waals surface area contributed by atoms with E-state index in [0.717, 1.165) is 30.0 Å². The summed E-state index contributed by atoms with van der Waals surface area (Å²) < 4.78 is 11.4. The molecule has 1 fully saturated rings. The van der Waals surface area contributed by atoms with E-state index in [0.29, 0.717) is 19.8 Å². The van der Waals surface area contributed by atoms with E-state index in [-0.39, 0.29) is 17.9 Å². The van der Waals surface area contributed by atoms with Gasteiger partial charge in [-0.15, -0.1) is 12.4 Å². The predicted octanol–water partition coefficient (Wildman–Crippen LogP) is 2.88. The van der Waals surface area contributed by atoms with Crippen LogP contribution in [0, 0.1) is 20.8 Å². The first kappa shape index (κ1) is 20.2. The predicted molar refractivity (Wildman–Crippen MR) is 95.9 cm³/mol. The van der Waals surface area contributed by atoms with Gasteiger partial charge in [-0.1, -0.05) is 17.7 Å². The molecule has 1 heterocycles. The van der Waals surface area contributed by atoms with Gasteiger partial charge in [0.2, 0.25) is 0 Å². The van der Waals surface area contributed by atoms with Gasteiger partial charge < -0.3 is 14.6 Å². The van der Waals surface area contributed by atoms with Crippen molar-refractivity contribution in [1.82, 2.24) is 4.90 Å². The van der Waals surface area contributed by atoms with Gasteiger partial charge in [0.25, 0.3) is 0 Å². The normalized spacial score (nSPS) is 19.0. The molecular formula is C18H30ClNO3. The molecule has 1 aromatic rings. The average molecular weight is 344 g/mol. The van der Waals surface area contributed by atoms with Crippen LogP contribution in [0.3, 0.4) is 0 Å². The highest BCUT2D eigenvalue weighted by atomic mass is 35.5. The van der Waals surface area contributed by atoms with Gasteiger partial charge in [-0.05, 0) is 45.7 Å². The molecule has 0 aromatic heterocycles. The standard InChI is InChI=1S/C18H29NO3.ClH/c1-13-8-14(2)17(15(3)9-13)22-11-16(20)10-19-6-7-21-12-18(19,4)5;/h8-9,16,20H,6-7,10-12H2,1-5H3;1H. The number of aliphatic hydroxyl groups excluding tert-OH is 1. The summed E-state index contributed by atoms with van der Waals surface area (Å²) in [5.74, 6) is 0.894. The minimum Gasteiger partial charge on any atom is -0.490 e. The summed E-state index contributed by atoms with van der Waals surface area (Å²) in [6.07, 6.45) is -0.502. The minimum absolute atomic E-state index is 0. The summed E-state index contributed by atoms with van der Waals surface area (Å²) in [6.45, 7) is 13.7. The highest BCUT2D eigenvalue weighted by Crippen LogP contribution is 2.25. The number of ether oxygens (including phenoxy) is 2. The first-order chi connectivity index (χ1) is 10.3. The summed E-state index contributed by atoms with van der Waals surface area (Å²) in [5, 5.41) is 10.3. The molecule has 2 rings (SSSR count). The van der Waals surface area contributed by atoms with Crippen LogP contribution in [-0.4, -0.2) is 54.6 Å². The summed E-state index contributed by atoms with van der Waals surface area (Å²) >= 11 is 0. The number of benzene rings is 1. The lowest BCUT2D eigenvalue weighted by Gasteiger charge is -2.42. The number of rotatable bonds is 5. The first-order valence-corrected chi connectivity index (χ1v) is 8.01. The average Bonchev–Trinajstić information content (AvgIpc) is 2.40. The molecule has 5 heteroatoms. The number of hydrogen-bond donors (Lipinski definition) is 1. The molecular weight excluding hydrogens is 314 g/mol. The Bertz CT molecular complexity index is 496. The number of hydrogen-bond acceptors (Lipinski definition) is 4. The molecule has 1 unspecified atom stereocenters. The second-order valence-electron chi connectivity index (χ2n) is 7.00. The Balaban J connectivity index is 0.00000264. The molecule has 0 spiro atoms. The summed E-state index contributed by atoms with van der Waals surface area (Å²) in [7, 11) is 0. The largest absolute Gasteiger partial charge is 0.490 e. The highest BCUT2D eigenvalue weighted by molar-refractivity contribution is 5.85.